The highest BCUT2D eigenvalue weighted by Crippen LogP contribution is 2.33. The summed E-state index contributed by atoms with van der Waals surface area (Å²) in [7, 11) is 0. The van der Waals surface area contributed by atoms with Crippen LogP contribution in [-0.4, -0.2) is 21.9 Å². The lowest BCUT2D eigenvalue weighted by molar-refractivity contribution is 0.108. The van der Waals surface area contributed by atoms with E-state index in [1.807, 2.05) is 66.4 Å². The molecule has 3 nitrogen and oxygen atoms in total. The highest BCUT2D eigenvalue weighted by Gasteiger charge is 2.23. The number of nitrogens with zero attached hydrogens (tertiary/aromatic N) is 2. The number of carbonyl (C=O) groups excluding carboxylic acids is 1. The van der Waals surface area contributed by atoms with Crippen LogP contribution in [-0.2, 0) is 0 Å². The first-order valence-electron chi connectivity index (χ1n) is 6.67. The largest absolute Gasteiger partial charge is 0.282 e. The zero-order chi connectivity index (χ0) is 14.5. The first-order chi connectivity index (χ1) is 10.3. The van der Waals surface area contributed by atoms with Gasteiger partial charge in [-0.2, -0.15) is 22.0 Å². The molecule has 0 amide bonds. The summed E-state index contributed by atoms with van der Waals surface area (Å²) in [6, 6.07) is 16.9. The molecule has 3 rings (SSSR count). The van der Waals surface area contributed by atoms with Crippen LogP contribution in [0.4, 0.5) is 11.4 Å². The predicted molar refractivity (Wildman–Crippen MR) is 90.1 cm³/mol. The van der Waals surface area contributed by atoms with Crippen LogP contribution in [0.3, 0.4) is 0 Å². The average molecular weight is 314 g/mol. The number of carbonyl (C=O) groups is 1. The van der Waals surface area contributed by atoms with Crippen LogP contribution >= 0.6 is 23.5 Å². The van der Waals surface area contributed by atoms with Crippen molar-refractivity contribution < 1.29 is 4.79 Å². The van der Waals surface area contributed by atoms with Gasteiger partial charge in [0.2, 0.25) is 5.12 Å². The Bertz CT molecular complexity index is 637. The lowest BCUT2D eigenvalue weighted by Gasteiger charge is -2.00. The molecule has 2 aromatic rings. The normalized spacial score (nSPS) is 17.0. The minimum absolute atomic E-state index is 0.133. The van der Waals surface area contributed by atoms with Crippen molar-refractivity contribution in [2.24, 2.45) is 10.2 Å². The Labute approximate surface area is 132 Å². The zero-order valence-electron chi connectivity index (χ0n) is 11.3. The Morgan fingerprint density at radius 1 is 1.05 bits per heavy atom. The molecule has 1 heterocycles. The van der Waals surface area contributed by atoms with Crippen molar-refractivity contribution in [2.45, 2.75) is 5.25 Å². The van der Waals surface area contributed by atoms with Crippen molar-refractivity contribution in [1.82, 2.24) is 0 Å². The van der Waals surface area contributed by atoms with E-state index in [1.165, 1.54) is 17.5 Å². The third kappa shape index (κ3) is 4.44. The van der Waals surface area contributed by atoms with Crippen LogP contribution in [0, 0.1) is 0 Å². The van der Waals surface area contributed by atoms with E-state index >= 15 is 0 Å². The van der Waals surface area contributed by atoms with E-state index in [0.29, 0.717) is 5.25 Å². The topological polar surface area (TPSA) is 41.8 Å². The van der Waals surface area contributed by atoms with Crippen LogP contribution < -0.4 is 0 Å². The standard InChI is InChI=1S/C16H14N2OS2/c19-16(21-11-15-10-20-15)12-6-8-14(9-7-12)18-17-13-4-2-1-3-5-13/h1-9,15H,10-11H2. The molecule has 1 aliphatic heterocycles. The Balaban J connectivity index is 1.60. The summed E-state index contributed by atoms with van der Waals surface area (Å²) in [5.41, 5.74) is 2.29. The second-order valence-corrected chi connectivity index (χ2v) is 6.96. The van der Waals surface area contributed by atoms with Gasteiger partial charge in [-0.05, 0) is 36.4 Å². The van der Waals surface area contributed by atoms with Gasteiger partial charge in [0, 0.05) is 22.3 Å². The van der Waals surface area contributed by atoms with Crippen LogP contribution in [0.1, 0.15) is 10.4 Å². The summed E-state index contributed by atoms with van der Waals surface area (Å²) in [5, 5.41) is 9.13. The fraction of sp³-hybridized carbons (Fsp3) is 0.188. The molecule has 106 valence electrons. The molecule has 1 unspecified atom stereocenters. The molecule has 0 aromatic heterocycles. The SMILES string of the molecule is O=C(SCC1CS1)c1ccc(N=Nc2ccccc2)cc1. The predicted octanol–water partition coefficient (Wildman–Crippen LogP) is 5.09. The highest BCUT2D eigenvalue weighted by molar-refractivity contribution is 8.15. The molecule has 1 aliphatic rings. The van der Waals surface area contributed by atoms with Gasteiger partial charge in [0.05, 0.1) is 11.4 Å². The molecular weight excluding hydrogens is 300 g/mol. The van der Waals surface area contributed by atoms with E-state index in [9.17, 15) is 4.79 Å². The van der Waals surface area contributed by atoms with Crippen LogP contribution in [0.2, 0.25) is 0 Å². The molecule has 0 N–H and O–H groups in total. The van der Waals surface area contributed by atoms with Crippen LogP contribution in [0.25, 0.3) is 0 Å². The Hall–Kier alpha value is -1.59. The summed E-state index contributed by atoms with van der Waals surface area (Å²) in [6.45, 7) is 0. The first-order valence-corrected chi connectivity index (χ1v) is 8.70. The van der Waals surface area contributed by atoms with Gasteiger partial charge < -0.3 is 0 Å². The smallest absolute Gasteiger partial charge is 0.219 e. The minimum atomic E-state index is 0.133. The van der Waals surface area contributed by atoms with Crippen LogP contribution in [0.5, 0.6) is 0 Å². The van der Waals surface area contributed by atoms with Gasteiger partial charge in [0.15, 0.2) is 0 Å². The molecule has 1 atom stereocenters. The molecule has 0 radical (unpaired) electrons. The quantitative estimate of drug-likeness (QED) is 0.570. The van der Waals surface area contributed by atoms with E-state index in [0.717, 1.165) is 22.7 Å². The molecular formula is C16H14N2OS2. The third-order valence-corrected chi connectivity index (χ3v) is 5.19. The molecule has 0 aliphatic carbocycles. The van der Waals surface area contributed by atoms with E-state index < -0.39 is 0 Å². The van der Waals surface area contributed by atoms with Crippen LogP contribution in [0.15, 0.2) is 64.8 Å². The second-order valence-electron chi connectivity index (χ2n) is 4.64. The van der Waals surface area contributed by atoms with Crippen molar-refractivity contribution in [3.8, 4) is 0 Å². The maximum absolute atomic E-state index is 12.0. The highest BCUT2D eigenvalue weighted by atomic mass is 32.2. The van der Waals surface area contributed by atoms with Gasteiger partial charge in [-0.25, -0.2) is 0 Å². The minimum Gasteiger partial charge on any atom is -0.282 e. The maximum atomic E-state index is 12.0. The van der Waals surface area contributed by atoms with Gasteiger partial charge in [-0.1, -0.05) is 30.0 Å². The molecule has 2 aromatic carbocycles. The van der Waals surface area contributed by atoms with E-state index in [2.05, 4.69) is 10.2 Å². The van der Waals surface area contributed by atoms with Gasteiger partial charge >= 0.3 is 0 Å². The van der Waals surface area contributed by atoms with Gasteiger partial charge in [-0.3, -0.25) is 4.79 Å². The molecule has 0 bridgehead atoms. The zero-order valence-corrected chi connectivity index (χ0v) is 12.9. The lowest BCUT2D eigenvalue weighted by Crippen LogP contribution is -1.97. The average Bonchev–Trinajstić information content (AvgIpc) is 3.36. The monoisotopic (exact) mass is 314 g/mol. The van der Waals surface area contributed by atoms with Crippen molar-refractivity contribution in [1.29, 1.82) is 0 Å². The molecule has 1 fully saturated rings. The molecule has 0 saturated carbocycles. The first kappa shape index (κ1) is 14.4. The van der Waals surface area contributed by atoms with Gasteiger partial charge in [-0.15, -0.1) is 0 Å². The lowest BCUT2D eigenvalue weighted by atomic mass is 10.2. The van der Waals surface area contributed by atoms with Crippen molar-refractivity contribution in [2.75, 3.05) is 11.5 Å². The van der Waals surface area contributed by atoms with E-state index in [1.54, 1.807) is 0 Å². The number of benzene rings is 2. The molecule has 21 heavy (non-hydrogen) atoms. The van der Waals surface area contributed by atoms with Gasteiger partial charge in [0.25, 0.3) is 0 Å². The van der Waals surface area contributed by atoms with E-state index in [4.69, 9.17) is 0 Å². The fourth-order valence-electron chi connectivity index (χ4n) is 1.69. The Morgan fingerprint density at radius 2 is 1.67 bits per heavy atom. The van der Waals surface area contributed by atoms with Crippen molar-refractivity contribution in [3.63, 3.8) is 0 Å². The molecule has 1 saturated heterocycles. The summed E-state index contributed by atoms with van der Waals surface area (Å²) >= 11 is 3.31. The summed E-state index contributed by atoms with van der Waals surface area (Å²) in [6.07, 6.45) is 0. The third-order valence-electron chi connectivity index (χ3n) is 2.94. The molecule has 5 heteroatoms. The summed E-state index contributed by atoms with van der Waals surface area (Å²) in [4.78, 5) is 12.0. The summed E-state index contributed by atoms with van der Waals surface area (Å²) < 4.78 is 0. The maximum Gasteiger partial charge on any atom is 0.219 e. The number of thioether (sulfide) groups is 2. The molecule has 0 spiro atoms. The number of azo groups is 1. The van der Waals surface area contributed by atoms with Crippen molar-refractivity contribution >= 4 is 40.0 Å². The Morgan fingerprint density at radius 3 is 2.29 bits per heavy atom. The second kappa shape index (κ2) is 6.91. The van der Waals surface area contributed by atoms with Gasteiger partial charge in [0.1, 0.15) is 0 Å². The van der Waals surface area contributed by atoms with E-state index in [-0.39, 0.29) is 5.12 Å². The summed E-state index contributed by atoms with van der Waals surface area (Å²) in [5.74, 6) is 2.11. The number of hydrogen-bond donors (Lipinski definition) is 0. The van der Waals surface area contributed by atoms with Crippen molar-refractivity contribution in [3.05, 3.63) is 60.2 Å². The fourth-order valence-corrected chi connectivity index (χ4v) is 3.44. The Kier molecular flexibility index (Phi) is 4.72. The number of hydrogen-bond acceptors (Lipinski definition) is 5. The number of rotatable bonds is 5.